The van der Waals surface area contributed by atoms with Crippen LogP contribution in [0.25, 0.3) is 11.4 Å². The molecule has 0 spiro atoms. The Kier molecular flexibility index (Phi) is 3.74. The third-order valence-corrected chi connectivity index (χ3v) is 3.02. The molecule has 7 nitrogen and oxygen atoms in total. The second kappa shape index (κ2) is 5.84. The largest absolute Gasteiger partial charge is 0.470 e. The summed E-state index contributed by atoms with van der Waals surface area (Å²) >= 11 is 5.68. The van der Waals surface area contributed by atoms with Crippen molar-refractivity contribution in [1.82, 2.24) is 30.2 Å². The summed E-state index contributed by atoms with van der Waals surface area (Å²) in [6.45, 7) is 0.256. The van der Waals surface area contributed by atoms with Gasteiger partial charge in [0.25, 0.3) is 0 Å². The second-order valence-electron chi connectivity index (χ2n) is 4.21. The van der Waals surface area contributed by atoms with E-state index in [4.69, 9.17) is 16.3 Å². The molecule has 3 heterocycles. The third kappa shape index (κ3) is 2.97. The van der Waals surface area contributed by atoms with E-state index in [2.05, 4.69) is 25.5 Å². The number of nitrogens with zero attached hydrogens (tertiary/aromatic N) is 6. The molecule has 0 aromatic carbocycles. The van der Waals surface area contributed by atoms with E-state index in [-0.39, 0.29) is 6.61 Å². The van der Waals surface area contributed by atoms with Crippen molar-refractivity contribution in [3.63, 3.8) is 0 Å². The van der Waals surface area contributed by atoms with Gasteiger partial charge in [0, 0.05) is 19.3 Å². The predicted octanol–water partition coefficient (Wildman–Crippen LogP) is 1.90. The smallest absolute Gasteiger partial charge is 0.233 e. The molecule has 0 fully saturated rings. The average molecular weight is 303 g/mol. The van der Waals surface area contributed by atoms with Gasteiger partial charge in [-0.1, -0.05) is 22.9 Å². The van der Waals surface area contributed by atoms with Gasteiger partial charge in [-0.05, 0) is 18.2 Å². The van der Waals surface area contributed by atoms with Crippen LogP contribution in [-0.2, 0) is 13.7 Å². The summed E-state index contributed by atoms with van der Waals surface area (Å²) < 4.78 is 7.23. The molecular weight excluding hydrogens is 292 g/mol. The summed E-state index contributed by atoms with van der Waals surface area (Å²) in [5.74, 6) is 0.382. The molecule has 3 aromatic heterocycles. The summed E-state index contributed by atoms with van der Waals surface area (Å²) in [7, 11) is 1.80. The van der Waals surface area contributed by atoms with Crippen LogP contribution in [0.15, 0.2) is 36.5 Å². The number of hydrogen-bond acceptors (Lipinski definition) is 6. The molecule has 3 aromatic rings. The Morgan fingerprint density at radius 2 is 2.05 bits per heavy atom. The van der Waals surface area contributed by atoms with E-state index < -0.39 is 0 Å². The highest BCUT2D eigenvalue weighted by molar-refractivity contribution is 6.29. The zero-order valence-electron chi connectivity index (χ0n) is 11.1. The molecule has 0 atom stereocenters. The van der Waals surface area contributed by atoms with Gasteiger partial charge in [-0.15, -0.1) is 15.3 Å². The average Bonchev–Trinajstić information content (AvgIpc) is 2.89. The van der Waals surface area contributed by atoms with Gasteiger partial charge >= 0.3 is 0 Å². The minimum absolute atomic E-state index is 0.256. The number of ether oxygens (including phenoxy) is 1. The lowest BCUT2D eigenvalue weighted by Crippen LogP contribution is -2.05. The highest BCUT2D eigenvalue weighted by Gasteiger charge is 2.14. The van der Waals surface area contributed by atoms with Crippen LogP contribution >= 0.6 is 11.6 Å². The predicted molar refractivity (Wildman–Crippen MR) is 75.6 cm³/mol. The van der Waals surface area contributed by atoms with Crippen LogP contribution in [0.5, 0.6) is 5.88 Å². The van der Waals surface area contributed by atoms with Crippen molar-refractivity contribution >= 4 is 11.6 Å². The Bertz CT molecular complexity index is 728. The van der Waals surface area contributed by atoms with Crippen molar-refractivity contribution in [2.24, 2.45) is 7.05 Å². The zero-order chi connectivity index (χ0) is 14.7. The van der Waals surface area contributed by atoms with Crippen molar-refractivity contribution in [3.05, 3.63) is 47.4 Å². The van der Waals surface area contributed by atoms with Crippen LogP contribution in [0.4, 0.5) is 0 Å². The first-order valence-corrected chi connectivity index (χ1v) is 6.54. The van der Waals surface area contributed by atoms with Crippen molar-refractivity contribution in [2.45, 2.75) is 6.61 Å². The lowest BCUT2D eigenvalue weighted by atomic mass is 10.2. The Hall–Kier alpha value is -2.54. The zero-order valence-corrected chi connectivity index (χ0v) is 11.9. The Labute approximate surface area is 125 Å². The molecule has 0 unspecified atom stereocenters. The molecule has 0 aliphatic heterocycles. The normalized spacial score (nSPS) is 10.6. The van der Waals surface area contributed by atoms with Crippen molar-refractivity contribution in [3.8, 4) is 17.3 Å². The fourth-order valence-corrected chi connectivity index (χ4v) is 1.86. The first-order valence-electron chi connectivity index (χ1n) is 6.16. The lowest BCUT2D eigenvalue weighted by molar-refractivity contribution is 0.280. The molecule has 0 aliphatic rings. The Morgan fingerprint density at radius 3 is 2.76 bits per heavy atom. The van der Waals surface area contributed by atoms with E-state index in [1.54, 1.807) is 30.1 Å². The van der Waals surface area contributed by atoms with Gasteiger partial charge in [-0.25, -0.2) is 4.68 Å². The summed E-state index contributed by atoms with van der Waals surface area (Å²) in [4.78, 5) is 4.27. The fraction of sp³-hybridized carbons (Fsp3) is 0.154. The number of halogens is 1. The topological polar surface area (TPSA) is 78.6 Å². The first-order chi connectivity index (χ1) is 10.2. The van der Waals surface area contributed by atoms with E-state index in [9.17, 15) is 0 Å². The standard InChI is InChI=1S/C13H11ClN6O/c1-20-10(8-21-12-6-5-11(14)16-17-12)13(18-19-20)9-4-2-3-7-15-9/h2-7H,8H2,1H3. The van der Waals surface area contributed by atoms with Crippen LogP contribution in [0, 0.1) is 0 Å². The SMILES string of the molecule is Cn1nnc(-c2ccccn2)c1COc1ccc(Cl)nn1. The molecule has 0 amide bonds. The molecule has 0 aliphatic carbocycles. The van der Waals surface area contributed by atoms with Gasteiger partial charge in [-0.3, -0.25) is 4.98 Å². The van der Waals surface area contributed by atoms with E-state index >= 15 is 0 Å². The molecule has 3 rings (SSSR count). The minimum atomic E-state index is 0.256. The highest BCUT2D eigenvalue weighted by Crippen LogP contribution is 2.19. The Morgan fingerprint density at radius 1 is 1.14 bits per heavy atom. The quantitative estimate of drug-likeness (QED) is 0.732. The van der Waals surface area contributed by atoms with E-state index in [1.165, 1.54) is 0 Å². The number of aromatic nitrogens is 6. The number of hydrogen-bond donors (Lipinski definition) is 0. The van der Waals surface area contributed by atoms with Gasteiger partial charge in [0.2, 0.25) is 5.88 Å². The van der Waals surface area contributed by atoms with Gasteiger partial charge in [0.1, 0.15) is 18.0 Å². The summed E-state index contributed by atoms with van der Waals surface area (Å²) in [5, 5.41) is 16.0. The molecule has 0 radical (unpaired) electrons. The van der Waals surface area contributed by atoms with Crippen LogP contribution in [0.2, 0.25) is 5.15 Å². The number of aryl methyl sites for hydroxylation is 1. The molecule has 106 valence electrons. The molecule has 0 N–H and O–H groups in total. The molecule has 8 heteroatoms. The van der Waals surface area contributed by atoms with Gasteiger partial charge in [0.15, 0.2) is 5.15 Å². The maximum absolute atomic E-state index is 5.68. The molecule has 21 heavy (non-hydrogen) atoms. The summed E-state index contributed by atoms with van der Waals surface area (Å²) in [6.07, 6.45) is 1.71. The minimum Gasteiger partial charge on any atom is -0.470 e. The van der Waals surface area contributed by atoms with E-state index in [0.29, 0.717) is 16.7 Å². The number of rotatable bonds is 4. The molecule has 0 saturated heterocycles. The summed E-state index contributed by atoms with van der Waals surface area (Å²) in [6, 6.07) is 8.88. The van der Waals surface area contributed by atoms with Gasteiger partial charge in [-0.2, -0.15) is 0 Å². The van der Waals surface area contributed by atoms with Gasteiger partial charge < -0.3 is 4.74 Å². The molecule has 0 saturated carbocycles. The van der Waals surface area contributed by atoms with E-state index in [1.807, 2.05) is 18.2 Å². The Balaban J connectivity index is 1.82. The van der Waals surface area contributed by atoms with Crippen LogP contribution in [0.3, 0.4) is 0 Å². The maximum Gasteiger partial charge on any atom is 0.233 e. The lowest BCUT2D eigenvalue weighted by Gasteiger charge is -2.06. The third-order valence-electron chi connectivity index (χ3n) is 2.81. The fourth-order valence-electron chi connectivity index (χ4n) is 1.76. The van der Waals surface area contributed by atoms with Crippen LogP contribution in [0.1, 0.15) is 5.69 Å². The van der Waals surface area contributed by atoms with Crippen LogP contribution < -0.4 is 4.74 Å². The molecule has 0 bridgehead atoms. The number of pyridine rings is 1. The van der Waals surface area contributed by atoms with Crippen molar-refractivity contribution in [1.29, 1.82) is 0 Å². The van der Waals surface area contributed by atoms with Crippen molar-refractivity contribution < 1.29 is 4.74 Å². The first kappa shape index (κ1) is 13.4. The maximum atomic E-state index is 5.68. The molecular formula is C13H11ClN6O. The highest BCUT2D eigenvalue weighted by atomic mass is 35.5. The van der Waals surface area contributed by atoms with Gasteiger partial charge in [0.05, 0.1) is 5.69 Å². The van der Waals surface area contributed by atoms with Crippen molar-refractivity contribution in [2.75, 3.05) is 0 Å². The van der Waals surface area contributed by atoms with Crippen LogP contribution in [-0.4, -0.2) is 30.2 Å². The van der Waals surface area contributed by atoms with E-state index in [0.717, 1.165) is 11.4 Å². The second-order valence-corrected chi connectivity index (χ2v) is 4.59. The summed E-state index contributed by atoms with van der Waals surface area (Å²) in [5.41, 5.74) is 2.22. The monoisotopic (exact) mass is 302 g/mol.